The number of carbonyl (C=O) groups excluding carboxylic acids is 1. The lowest BCUT2D eigenvalue weighted by atomic mass is 10.1. The van der Waals surface area contributed by atoms with Crippen LogP contribution in [0.4, 0.5) is 5.69 Å². The summed E-state index contributed by atoms with van der Waals surface area (Å²) in [6.07, 6.45) is 4.60. The quantitative estimate of drug-likeness (QED) is 0.689. The number of nitrogens with zero attached hydrogens (tertiary/aromatic N) is 2. The van der Waals surface area contributed by atoms with E-state index in [1.54, 1.807) is 30.5 Å². The number of anilines is 1. The van der Waals surface area contributed by atoms with Crippen molar-refractivity contribution in [3.63, 3.8) is 0 Å². The maximum absolute atomic E-state index is 12.1. The van der Waals surface area contributed by atoms with Gasteiger partial charge < -0.3 is 10.1 Å². The summed E-state index contributed by atoms with van der Waals surface area (Å²) in [6.45, 7) is 0. The minimum Gasteiger partial charge on any atom is -0.496 e. The minimum atomic E-state index is -0.489. The molecule has 21 heavy (non-hydrogen) atoms. The molecule has 0 saturated carbocycles. The first-order valence-corrected chi connectivity index (χ1v) is 6.21. The molecule has 0 aliphatic carbocycles. The highest BCUT2D eigenvalue weighted by atomic mass is 16.5. The van der Waals surface area contributed by atoms with Crippen LogP contribution in [-0.2, 0) is 4.79 Å². The number of methoxy groups -OCH3 is 1. The van der Waals surface area contributed by atoms with Gasteiger partial charge in [0, 0.05) is 11.8 Å². The Balaban J connectivity index is 2.25. The Morgan fingerprint density at radius 2 is 2.14 bits per heavy atom. The number of hydrogen-bond donors (Lipinski definition) is 1. The average molecular weight is 279 g/mol. The van der Waals surface area contributed by atoms with Gasteiger partial charge in [0.05, 0.1) is 19.0 Å². The molecule has 0 unspecified atom stereocenters. The second kappa shape index (κ2) is 6.87. The number of hydrogen-bond acceptors (Lipinski definition) is 4. The standard InChI is InChI=1S/C16H13N3O2/c1-21-15-7-3-2-5-12(15)9-13(10-17)16(20)19-14-6-4-8-18-11-14/h2-9,11H,1H3,(H,19,20)/b13-9+. The highest BCUT2D eigenvalue weighted by Gasteiger charge is 2.10. The van der Waals surface area contributed by atoms with Crippen LogP contribution in [0.2, 0.25) is 0 Å². The topological polar surface area (TPSA) is 75.0 Å². The third kappa shape index (κ3) is 3.67. The fourth-order valence-corrected chi connectivity index (χ4v) is 1.72. The monoisotopic (exact) mass is 279 g/mol. The van der Waals surface area contributed by atoms with Crippen molar-refractivity contribution in [2.75, 3.05) is 12.4 Å². The summed E-state index contributed by atoms with van der Waals surface area (Å²) < 4.78 is 5.19. The molecule has 0 radical (unpaired) electrons. The predicted octanol–water partition coefficient (Wildman–Crippen LogP) is 2.64. The van der Waals surface area contributed by atoms with Crippen molar-refractivity contribution in [1.82, 2.24) is 4.98 Å². The van der Waals surface area contributed by atoms with Crippen molar-refractivity contribution in [1.29, 1.82) is 5.26 Å². The second-order valence-corrected chi connectivity index (χ2v) is 4.11. The number of amides is 1. The summed E-state index contributed by atoms with van der Waals surface area (Å²) >= 11 is 0. The van der Waals surface area contributed by atoms with Gasteiger partial charge in [-0.25, -0.2) is 0 Å². The van der Waals surface area contributed by atoms with Gasteiger partial charge in [-0.05, 0) is 24.3 Å². The molecule has 2 aromatic rings. The van der Waals surface area contributed by atoms with Crippen LogP contribution in [0.15, 0.2) is 54.4 Å². The smallest absolute Gasteiger partial charge is 0.266 e. The van der Waals surface area contributed by atoms with Crippen molar-refractivity contribution in [2.24, 2.45) is 0 Å². The van der Waals surface area contributed by atoms with E-state index in [4.69, 9.17) is 10.00 Å². The Kier molecular flexibility index (Phi) is 4.67. The van der Waals surface area contributed by atoms with Gasteiger partial charge in [-0.3, -0.25) is 9.78 Å². The molecule has 104 valence electrons. The predicted molar refractivity (Wildman–Crippen MR) is 79.5 cm³/mol. The number of para-hydroxylation sites is 1. The lowest BCUT2D eigenvalue weighted by Crippen LogP contribution is -2.13. The lowest BCUT2D eigenvalue weighted by Gasteiger charge is -2.06. The third-order valence-corrected chi connectivity index (χ3v) is 2.72. The van der Waals surface area contributed by atoms with Crippen LogP contribution < -0.4 is 10.1 Å². The van der Waals surface area contributed by atoms with Crippen molar-refractivity contribution in [3.8, 4) is 11.8 Å². The summed E-state index contributed by atoms with van der Waals surface area (Å²) in [5, 5.41) is 11.8. The number of rotatable bonds is 4. The van der Waals surface area contributed by atoms with E-state index in [9.17, 15) is 4.79 Å². The summed E-state index contributed by atoms with van der Waals surface area (Å²) in [4.78, 5) is 16.0. The zero-order valence-corrected chi connectivity index (χ0v) is 11.4. The summed E-state index contributed by atoms with van der Waals surface area (Å²) in [5.41, 5.74) is 1.19. The molecule has 1 aromatic carbocycles. The second-order valence-electron chi connectivity index (χ2n) is 4.11. The zero-order chi connectivity index (χ0) is 15.1. The van der Waals surface area contributed by atoms with Gasteiger partial charge in [0.15, 0.2) is 0 Å². The van der Waals surface area contributed by atoms with E-state index < -0.39 is 5.91 Å². The Morgan fingerprint density at radius 1 is 1.33 bits per heavy atom. The SMILES string of the molecule is COc1ccccc1/C=C(\C#N)C(=O)Nc1cccnc1. The Labute approximate surface area is 122 Å². The molecule has 5 heteroatoms. The fourth-order valence-electron chi connectivity index (χ4n) is 1.72. The van der Waals surface area contributed by atoms with Gasteiger partial charge in [-0.2, -0.15) is 5.26 Å². The molecule has 0 bridgehead atoms. The van der Waals surface area contributed by atoms with Crippen molar-refractivity contribution >= 4 is 17.7 Å². The number of nitrogens with one attached hydrogen (secondary N) is 1. The van der Waals surface area contributed by atoms with Gasteiger partial charge in [0.25, 0.3) is 5.91 Å². The van der Waals surface area contributed by atoms with Gasteiger partial charge in [-0.15, -0.1) is 0 Å². The first kappa shape index (κ1) is 14.3. The van der Waals surface area contributed by atoms with Gasteiger partial charge in [0.1, 0.15) is 17.4 Å². The Bertz CT molecular complexity index is 703. The highest BCUT2D eigenvalue weighted by molar-refractivity contribution is 6.09. The van der Waals surface area contributed by atoms with E-state index in [0.717, 1.165) is 0 Å². The molecule has 1 amide bonds. The highest BCUT2D eigenvalue weighted by Crippen LogP contribution is 2.20. The van der Waals surface area contributed by atoms with Crippen LogP contribution in [0.1, 0.15) is 5.56 Å². The Hall–Kier alpha value is -3.13. The minimum absolute atomic E-state index is 0.0108. The van der Waals surface area contributed by atoms with Gasteiger partial charge in [-0.1, -0.05) is 18.2 Å². The molecule has 0 fully saturated rings. The van der Waals surface area contributed by atoms with Gasteiger partial charge in [0.2, 0.25) is 0 Å². The first-order chi connectivity index (χ1) is 10.2. The molecular weight excluding hydrogens is 266 g/mol. The van der Waals surface area contributed by atoms with E-state index in [-0.39, 0.29) is 5.57 Å². The fraction of sp³-hybridized carbons (Fsp3) is 0.0625. The molecule has 1 aromatic heterocycles. The van der Waals surface area contributed by atoms with Crippen LogP contribution in [-0.4, -0.2) is 18.0 Å². The zero-order valence-electron chi connectivity index (χ0n) is 11.4. The first-order valence-electron chi connectivity index (χ1n) is 6.21. The molecule has 5 nitrogen and oxygen atoms in total. The summed E-state index contributed by atoms with van der Waals surface area (Å²) in [6, 6.07) is 12.5. The normalized spacial score (nSPS) is 10.6. The summed E-state index contributed by atoms with van der Waals surface area (Å²) in [5.74, 6) is 0.107. The number of ether oxygens (including phenoxy) is 1. The number of aromatic nitrogens is 1. The van der Waals surface area contributed by atoms with E-state index in [1.165, 1.54) is 19.4 Å². The van der Waals surface area contributed by atoms with Crippen molar-refractivity contribution in [3.05, 3.63) is 59.9 Å². The number of carbonyl (C=O) groups is 1. The molecule has 0 aliphatic heterocycles. The number of nitriles is 1. The number of benzene rings is 1. The molecule has 2 rings (SSSR count). The maximum Gasteiger partial charge on any atom is 0.266 e. The van der Waals surface area contributed by atoms with E-state index >= 15 is 0 Å². The largest absolute Gasteiger partial charge is 0.496 e. The number of pyridine rings is 1. The van der Waals surface area contributed by atoms with E-state index in [0.29, 0.717) is 17.0 Å². The molecule has 1 heterocycles. The van der Waals surface area contributed by atoms with Crippen LogP contribution in [0.3, 0.4) is 0 Å². The molecular formula is C16H13N3O2. The third-order valence-electron chi connectivity index (χ3n) is 2.72. The van der Waals surface area contributed by atoms with Crippen LogP contribution in [0.5, 0.6) is 5.75 Å². The van der Waals surface area contributed by atoms with E-state index in [2.05, 4.69) is 10.3 Å². The van der Waals surface area contributed by atoms with Crippen LogP contribution >= 0.6 is 0 Å². The molecule has 1 N–H and O–H groups in total. The summed E-state index contributed by atoms with van der Waals surface area (Å²) in [7, 11) is 1.54. The average Bonchev–Trinajstić information content (AvgIpc) is 2.53. The molecule has 0 saturated heterocycles. The van der Waals surface area contributed by atoms with Crippen molar-refractivity contribution < 1.29 is 9.53 Å². The molecule has 0 atom stereocenters. The molecule has 0 spiro atoms. The van der Waals surface area contributed by atoms with Crippen molar-refractivity contribution in [2.45, 2.75) is 0 Å². The van der Waals surface area contributed by atoms with Crippen LogP contribution in [0.25, 0.3) is 6.08 Å². The maximum atomic E-state index is 12.1. The van der Waals surface area contributed by atoms with E-state index in [1.807, 2.05) is 18.2 Å². The van der Waals surface area contributed by atoms with Gasteiger partial charge >= 0.3 is 0 Å². The Morgan fingerprint density at radius 3 is 2.81 bits per heavy atom. The van der Waals surface area contributed by atoms with Crippen LogP contribution in [0, 0.1) is 11.3 Å². The molecule has 0 aliphatic rings. The lowest BCUT2D eigenvalue weighted by molar-refractivity contribution is -0.112.